The van der Waals surface area contributed by atoms with Crippen molar-refractivity contribution in [3.8, 4) is 0 Å². The van der Waals surface area contributed by atoms with Gasteiger partial charge in [-0.3, -0.25) is 0 Å². The number of halogens is 1. The van der Waals surface area contributed by atoms with Crippen LogP contribution < -0.4 is 0 Å². The highest BCUT2D eigenvalue weighted by atomic mass is 35.5. The van der Waals surface area contributed by atoms with Crippen LogP contribution >= 0.6 is 11.6 Å². The number of hydrogen-bond acceptors (Lipinski definition) is 2. The van der Waals surface area contributed by atoms with E-state index in [1.165, 1.54) is 25.9 Å². The molecular weight excluding hydrogens is 198 g/mol. The Hall–Kier alpha value is 0.210. The first-order chi connectivity index (χ1) is 6.68. The lowest BCUT2D eigenvalue weighted by molar-refractivity contribution is 0.104. The molecule has 0 aliphatic carbocycles. The first kappa shape index (κ1) is 12.3. The summed E-state index contributed by atoms with van der Waals surface area (Å²) < 4.78 is 5.51. The van der Waals surface area contributed by atoms with Crippen LogP contribution in [-0.4, -0.2) is 43.1 Å². The van der Waals surface area contributed by atoms with Crippen LogP contribution in [0.4, 0.5) is 0 Å². The number of nitrogens with zero attached hydrogens (tertiary/aromatic N) is 1. The maximum atomic E-state index is 6.18. The SMILES string of the molecule is CC(C)COC[C@H](Cl)CN1CCCC1. The van der Waals surface area contributed by atoms with E-state index in [1.54, 1.807) is 0 Å². The smallest absolute Gasteiger partial charge is 0.0696 e. The lowest BCUT2D eigenvalue weighted by Crippen LogP contribution is -2.30. The van der Waals surface area contributed by atoms with Crippen molar-refractivity contribution >= 4 is 11.6 Å². The summed E-state index contributed by atoms with van der Waals surface area (Å²) in [5.41, 5.74) is 0. The number of rotatable bonds is 6. The van der Waals surface area contributed by atoms with Gasteiger partial charge in [-0.2, -0.15) is 0 Å². The zero-order chi connectivity index (χ0) is 10.4. The van der Waals surface area contributed by atoms with Gasteiger partial charge in [0.15, 0.2) is 0 Å². The molecule has 0 aromatic rings. The van der Waals surface area contributed by atoms with Crippen LogP contribution in [0.25, 0.3) is 0 Å². The molecule has 0 radical (unpaired) electrons. The molecule has 1 saturated heterocycles. The van der Waals surface area contributed by atoms with E-state index in [9.17, 15) is 0 Å². The van der Waals surface area contributed by atoms with Gasteiger partial charge in [0.05, 0.1) is 12.0 Å². The summed E-state index contributed by atoms with van der Waals surface area (Å²) in [4.78, 5) is 2.43. The van der Waals surface area contributed by atoms with Gasteiger partial charge in [-0.05, 0) is 31.8 Å². The van der Waals surface area contributed by atoms with E-state index in [-0.39, 0.29) is 5.38 Å². The largest absolute Gasteiger partial charge is 0.380 e. The van der Waals surface area contributed by atoms with Crippen molar-refractivity contribution in [2.45, 2.75) is 32.1 Å². The summed E-state index contributed by atoms with van der Waals surface area (Å²) in [6, 6.07) is 0. The zero-order valence-electron chi connectivity index (χ0n) is 9.34. The van der Waals surface area contributed by atoms with Crippen LogP contribution in [0.1, 0.15) is 26.7 Å². The minimum atomic E-state index is 0.159. The summed E-state index contributed by atoms with van der Waals surface area (Å²) in [5, 5.41) is 0.159. The second-order valence-electron chi connectivity index (χ2n) is 4.54. The molecule has 0 spiro atoms. The Balaban J connectivity index is 2.00. The number of likely N-dealkylation sites (tertiary alicyclic amines) is 1. The summed E-state index contributed by atoms with van der Waals surface area (Å²) in [6.07, 6.45) is 2.66. The summed E-state index contributed by atoms with van der Waals surface area (Å²) >= 11 is 6.18. The minimum absolute atomic E-state index is 0.159. The molecule has 1 aliphatic rings. The maximum absolute atomic E-state index is 6.18. The molecule has 0 amide bonds. The predicted octanol–water partition coefficient (Wildman–Crippen LogP) is 2.36. The molecule has 84 valence electrons. The minimum Gasteiger partial charge on any atom is -0.380 e. The number of hydrogen-bond donors (Lipinski definition) is 0. The Labute approximate surface area is 92.6 Å². The van der Waals surface area contributed by atoms with Crippen molar-refractivity contribution in [1.82, 2.24) is 4.90 Å². The third-order valence-electron chi connectivity index (χ3n) is 2.40. The Morgan fingerprint density at radius 3 is 2.43 bits per heavy atom. The van der Waals surface area contributed by atoms with Gasteiger partial charge in [-0.1, -0.05) is 13.8 Å². The molecule has 1 atom stereocenters. The van der Waals surface area contributed by atoms with Crippen molar-refractivity contribution in [1.29, 1.82) is 0 Å². The van der Waals surface area contributed by atoms with E-state index in [0.717, 1.165) is 13.2 Å². The van der Waals surface area contributed by atoms with Gasteiger partial charge in [-0.25, -0.2) is 0 Å². The van der Waals surface area contributed by atoms with Gasteiger partial charge < -0.3 is 9.64 Å². The highest BCUT2D eigenvalue weighted by Gasteiger charge is 2.15. The molecule has 1 fully saturated rings. The average Bonchev–Trinajstić information content (AvgIpc) is 2.56. The maximum Gasteiger partial charge on any atom is 0.0696 e. The van der Waals surface area contributed by atoms with E-state index in [1.807, 2.05) is 0 Å². The third kappa shape index (κ3) is 5.18. The van der Waals surface area contributed by atoms with E-state index < -0.39 is 0 Å². The summed E-state index contributed by atoms with van der Waals surface area (Å²) in [5.74, 6) is 0.602. The summed E-state index contributed by atoms with van der Waals surface area (Å²) in [6.45, 7) is 9.24. The first-order valence-electron chi connectivity index (χ1n) is 5.62. The second-order valence-corrected chi connectivity index (χ2v) is 5.15. The van der Waals surface area contributed by atoms with Gasteiger partial charge in [0.1, 0.15) is 0 Å². The third-order valence-corrected chi connectivity index (χ3v) is 2.67. The molecule has 1 aliphatic heterocycles. The number of ether oxygens (including phenoxy) is 1. The quantitative estimate of drug-likeness (QED) is 0.636. The lowest BCUT2D eigenvalue weighted by atomic mass is 10.2. The van der Waals surface area contributed by atoms with Gasteiger partial charge in [0.2, 0.25) is 0 Å². The number of alkyl halides is 1. The van der Waals surface area contributed by atoms with Crippen LogP contribution in [-0.2, 0) is 4.74 Å². The first-order valence-corrected chi connectivity index (χ1v) is 6.06. The Morgan fingerprint density at radius 1 is 1.21 bits per heavy atom. The fourth-order valence-corrected chi connectivity index (χ4v) is 2.01. The molecule has 1 rings (SSSR count). The molecule has 0 bridgehead atoms. The second kappa shape index (κ2) is 6.65. The van der Waals surface area contributed by atoms with Gasteiger partial charge in [0, 0.05) is 13.2 Å². The topological polar surface area (TPSA) is 12.5 Å². The van der Waals surface area contributed by atoms with Crippen molar-refractivity contribution in [2.24, 2.45) is 5.92 Å². The van der Waals surface area contributed by atoms with Crippen LogP contribution in [0, 0.1) is 5.92 Å². The van der Waals surface area contributed by atoms with Crippen LogP contribution in [0.15, 0.2) is 0 Å². The average molecular weight is 220 g/mol. The molecule has 0 unspecified atom stereocenters. The zero-order valence-corrected chi connectivity index (χ0v) is 10.1. The van der Waals surface area contributed by atoms with Gasteiger partial charge >= 0.3 is 0 Å². The molecule has 14 heavy (non-hydrogen) atoms. The highest BCUT2D eigenvalue weighted by molar-refractivity contribution is 6.20. The molecule has 0 N–H and O–H groups in total. The fourth-order valence-electron chi connectivity index (χ4n) is 1.73. The van der Waals surface area contributed by atoms with Crippen LogP contribution in [0.3, 0.4) is 0 Å². The monoisotopic (exact) mass is 219 g/mol. The van der Waals surface area contributed by atoms with Crippen molar-refractivity contribution in [3.63, 3.8) is 0 Å². The highest BCUT2D eigenvalue weighted by Crippen LogP contribution is 2.10. The molecule has 0 saturated carbocycles. The van der Waals surface area contributed by atoms with Crippen LogP contribution in [0.5, 0.6) is 0 Å². The molecule has 1 heterocycles. The van der Waals surface area contributed by atoms with E-state index in [2.05, 4.69) is 18.7 Å². The molecular formula is C11H22ClNO. The fraction of sp³-hybridized carbons (Fsp3) is 1.00. The van der Waals surface area contributed by atoms with Crippen molar-refractivity contribution in [2.75, 3.05) is 32.8 Å². The van der Waals surface area contributed by atoms with Gasteiger partial charge in [0.25, 0.3) is 0 Å². The Kier molecular flexibility index (Phi) is 5.83. The van der Waals surface area contributed by atoms with E-state index >= 15 is 0 Å². The lowest BCUT2D eigenvalue weighted by Gasteiger charge is -2.19. The molecule has 3 heteroatoms. The molecule has 0 aromatic heterocycles. The van der Waals surface area contributed by atoms with Crippen LogP contribution in [0.2, 0.25) is 0 Å². The van der Waals surface area contributed by atoms with Crippen molar-refractivity contribution in [3.05, 3.63) is 0 Å². The van der Waals surface area contributed by atoms with Gasteiger partial charge in [-0.15, -0.1) is 11.6 Å². The standard InChI is InChI=1S/C11H22ClNO/c1-10(2)8-14-9-11(12)7-13-5-3-4-6-13/h10-11H,3-9H2,1-2H3/t11-/m1/s1. The molecule has 2 nitrogen and oxygen atoms in total. The Morgan fingerprint density at radius 2 is 1.86 bits per heavy atom. The van der Waals surface area contributed by atoms with Crippen molar-refractivity contribution < 1.29 is 4.74 Å². The van der Waals surface area contributed by atoms with E-state index in [4.69, 9.17) is 16.3 Å². The Bertz CT molecular complexity index is 146. The van der Waals surface area contributed by atoms with E-state index in [0.29, 0.717) is 12.5 Å². The predicted molar refractivity (Wildman–Crippen MR) is 61.0 cm³/mol. The normalized spacial score (nSPS) is 20.6. The summed E-state index contributed by atoms with van der Waals surface area (Å²) in [7, 11) is 0. The molecule has 0 aromatic carbocycles.